The largest absolute Gasteiger partial charge is 0.359 e. The SMILES string of the molecule is CNC(=O)CCCCCNC(=O)CCCCC(=O)NCCCCCC(=O)NC. The van der Waals surface area contributed by atoms with Gasteiger partial charge in [-0.3, -0.25) is 19.2 Å². The molecule has 0 bridgehead atoms. The van der Waals surface area contributed by atoms with E-state index >= 15 is 0 Å². The fraction of sp³-hybridized carbons (Fsp3) is 0.800. The first-order valence-electron chi connectivity index (χ1n) is 10.4. The Bertz CT molecular complexity index is 427. The molecule has 0 atom stereocenters. The first kappa shape index (κ1) is 25.9. The molecule has 0 aromatic carbocycles. The summed E-state index contributed by atoms with van der Waals surface area (Å²) in [5.41, 5.74) is 0. The number of rotatable bonds is 17. The number of nitrogens with one attached hydrogen (secondary N) is 4. The fourth-order valence-electron chi connectivity index (χ4n) is 2.63. The van der Waals surface area contributed by atoms with Gasteiger partial charge in [0.1, 0.15) is 0 Å². The van der Waals surface area contributed by atoms with E-state index in [0.29, 0.717) is 51.6 Å². The lowest BCUT2D eigenvalue weighted by molar-refractivity contribution is -0.123. The van der Waals surface area contributed by atoms with Crippen LogP contribution in [0.2, 0.25) is 0 Å². The number of hydrogen-bond acceptors (Lipinski definition) is 4. The zero-order valence-corrected chi connectivity index (χ0v) is 17.5. The third-order valence-corrected chi connectivity index (χ3v) is 4.42. The molecule has 28 heavy (non-hydrogen) atoms. The van der Waals surface area contributed by atoms with Crippen LogP contribution in [0.5, 0.6) is 0 Å². The van der Waals surface area contributed by atoms with Crippen molar-refractivity contribution in [3.63, 3.8) is 0 Å². The molecule has 0 saturated carbocycles. The molecule has 8 heteroatoms. The molecule has 0 saturated heterocycles. The third kappa shape index (κ3) is 17.3. The van der Waals surface area contributed by atoms with Crippen LogP contribution in [0.15, 0.2) is 0 Å². The van der Waals surface area contributed by atoms with Crippen LogP contribution in [0.25, 0.3) is 0 Å². The van der Waals surface area contributed by atoms with Crippen molar-refractivity contribution in [2.45, 2.75) is 77.0 Å². The molecule has 0 unspecified atom stereocenters. The van der Waals surface area contributed by atoms with Gasteiger partial charge in [-0.2, -0.15) is 0 Å². The molecule has 162 valence electrons. The molecule has 0 aliphatic rings. The van der Waals surface area contributed by atoms with Crippen LogP contribution in [-0.2, 0) is 19.2 Å². The summed E-state index contributed by atoms with van der Waals surface area (Å²) in [4.78, 5) is 45.5. The predicted octanol–water partition coefficient (Wildman–Crippen LogP) is 1.39. The lowest BCUT2D eigenvalue weighted by atomic mass is 10.1. The monoisotopic (exact) mass is 398 g/mol. The minimum atomic E-state index is 0.0165. The zero-order valence-electron chi connectivity index (χ0n) is 17.5. The number of carbonyl (C=O) groups is 4. The van der Waals surface area contributed by atoms with Gasteiger partial charge in [0.05, 0.1) is 0 Å². The van der Waals surface area contributed by atoms with Gasteiger partial charge in [0, 0.05) is 52.9 Å². The molecule has 0 aromatic heterocycles. The van der Waals surface area contributed by atoms with Crippen molar-refractivity contribution in [3.05, 3.63) is 0 Å². The van der Waals surface area contributed by atoms with Gasteiger partial charge in [-0.1, -0.05) is 12.8 Å². The van der Waals surface area contributed by atoms with Crippen molar-refractivity contribution < 1.29 is 19.2 Å². The van der Waals surface area contributed by atoms with E-state index in [1.165, 1.54) is 0 Å². The second-order valence-electron chi connectivity index (χ2n) is 6.87. The molecule has 4 amide bonds. The number of hydrogen-bond donors (Lipinski definition) is 4. The quantitative estimate of drug-likeness (QED) is 0.277. The topological polar surface area (TPSA) is 116 Å². The minimum absolute atomic E-state index is 0.0165. The molecule has 0 heterocycles. The van der Waals surface area contributed by atoms with E-state index in [1.54, 1.807) is 14.1 Å². The lowest BCUT2D eigenvalue weighted by Crippen LogP contribution is -2.25. The van der Waals surface area contributed by atoms with E-state index < -0.39 is 0 Å². The van der Waals surface area contributed by atoms with Gasteiger partial charge in [0.2, 0.25) is 23.6 Å². The van der Waals surface area contributed by atoms with Crippen molar-refractivity contribution in [1.29, 1.82) is 0 Å². The first-order valence-corrected chi connectivity index (χ1v) is 10.4. The Morgan fingerprint density at radius 3 is 1.14 bits per heavy atom. The van der Waals surface area contributed by atoms with Crippen molar-refractivity contribution in [1.82, 2.24) is 21.3 Å². The van der Waals surface area contributed by atoms with Crippen molar-refractivity contribution in [3.8, 4) is 0 Å². The maximum absolute atomic E-state index is 11.7. The van der Waals surface area contributed by atoms with Crippen LogP contribution in [0, 0.1) is 0 Å². The second kappa shape index (κ2) is 18.3. The number of amides is 4. The van der Waals surface area contributed by atoms with Gasteiger partial charge in [-0.05, 0) is 38.5 Å². The highest BCUT2D eigenvalue weighted by atomic mass is 16.2. The van der Waals surface area contributed by atoms with Gasteiger partial charge in [0.15, 0.2) is 0 Å². The smallest absolute Gasteiger partial charge is 0.219 e. The van der Waals surface area contributed by atoms with Gasteiger partial charge >= 0.3 is 0 Å². The van der Waals surface area contributed by atoms with E-state index in [9.17, 15) is 19.2 Å². The van der Waals surface area contributed by atoms with E-state index in [2.05, 4.69) is 21.3 Å². The fourth-order valence-corrected chi connectivity index (χ4v) is 2.63. The first-order chi connectivity index (χ1) is 13.5. The van der Waals surface area contributed by atoms with E-state index in [4.69, 9.17) is 0 Å². The van der Waals surface area contributed by atoms with Crippen LogP contribution in [0.1, 0.15) is 77.0 Å². The molecular weight excluding hydrogens is 360 g/mol. The maximum Gasteiger partial charge on any atom is 0.219 e. The summed E-state index contributed by atoms with van der Waals surface area (Å²) < 4.78 is 0. The summed E-state index contributed by atoms with van der Waals surface area (Å²) in [5, 5.41) is 10.9. The van der Waals surface area contributed by atoms with Gasteiger partial charge in [0.25, 0.3) is 0 Å². The second-order valence-corrected chi connectivity index (χ2v) is 6.87. The summed E-state index contributed by atoms with van der Waals surface area (Å²) in [6.45, 7) is 1.26. The molecule has 8 nitrogen and oxygen atoms in total. The van der Waals surface area contributed by atoms with Crippen molar-refractivity contribution >= 4 is 23.6 Å². The normalized spacial score (nSPS) is 10.2. The van der Waals surface area contributed by atoms with Crippen LogP contribution in [0.3, 0.4) is 0 Å². The van der Waals surface area contributed by atoms with E-state index in [1.807, 2.05) is 0 Å². The molecule has 0 aliphatic heterocycles. The molecule has 0 rings (SSSR count). The number of unbranched alkanes of at least 4 members (excludes halogenated alkanes) is 5. The Balaban J connectivity index is 3.41. The molecule has 0 aromatic rings. The summed E-state index contributed by atoms with van der Waals surface area (Å²) in [6, 6.07) is 0. The van der Waals surface area contributed by atoms with Gasteiger partial charge in [-0.25, -0.2) is 0 Å². The van der Waals surface area contributed by atoms with Crippen LogP contribution < -0.4 is 21.3 Å². The van der Waals surface area contributed by atoms with Crippen molar-refractivity contribution in [2.75, 3.05) is 27.2 Å². The summed E-state index contributed by atoms with van der Waals surface area (Å²) in [7, 11) is 3.26. The van der Waals surface area contributed by atoms with Crippen LogP contribution in [-0.4, -0.2) is 50.8 Å². The Morgan fingerprint density at radius 1 is 0.464 bits per heavy atom. The van der Waals surface area contributed by atoms with E-state index in [-0.39, 0.29) is 23.6 Å². The Morgan fingerprint density at radius 2 is 0.786 bits per heavy atom. The Labute approximate surface area is 169 Å². The van der Waals surface area contributed by atoms with E-state index in [0.717, 1.165) is 38.5 Å². The lowest BCUT2D eigenvalue weighted by Gasteiger charge is -2.06. The highest BCUT2D eigenvalue weighted by Gasteiger charge is 2.04. The predicted molar refractivity (Wildman–Crippen MR) is 110 cm³/mol. The van der Waals surface area contributed by atoms with Crippen molar-refractivity contribution in [2.24, 2.45) is 0 Å². The zero-order chi connectivity index (χ0) is 21.0. The van der Waals surface area contributed by atoms with Gasteiger partial charge < -0.3 is 21.3 Å². The molecule has 0 radical (unpaired) electrons. The molecular formula is C20H38N4O4. The third-order valence-electron chi connectivity index (χ3n) is 4.42. The van der Waals surface area contributed by atoms with Crippen LogP contribution in [0.4, 0.5) is 0 Å². The summed E-state index contributed by atoms with van der Waals surface area (Å²) >= 11 is 0. The number of carbonyl (C=O) groups excluding carboxylic acids is 4. The molecule has 4 N–H and O–H groups in total. The molecule has 0 aliphatic carbocycles. The van der Waals surface area contributed by atoms with Gasteiger partial charge in [-0.15, -0.1) is 0 Å². The average molecular weight is 399 g/mol. The summed E-state index contributed by atoms with van der Waals surface area (Å²) in [5.74, 6) is 0.133. The standard InChI is InChI=1S/C20H38N4O4/c1-21-17(25)11-5-3-9-15-23-19(27)13-7-8-14-20(28)24-16-10-4-6-12-18(26)22-2/h3-16H2,1-2H3,(H,21,25)(H,22,26)(H,23,27)(H,24,28). The molecule has 0 fully saturated rings. The average Bonchev–Trinajstić information content (AvgIpc) is 2.69. The molecule has 0 spiro atoms. The Hall–Kier alpha value is -2.12. The maximum atomic E-state index is 11.7. The highest BCUT2D eigenvalue weighted by Crippen LogP contribution is 2.02. The van der Waals surface area contributed by atoms with Crippen LogP contribution >= 0.6 is 0 Å². The highest BCUT2D eigenvalue weighted by molar-refractivity contribution is 5.77. The minimum Gasteiger partial charge on any atom is -0.359 e. The Kier molecular flexibility index (Phi) is 16.9. The summed E-state index contributed by atoms with van der Waals surface area (Å²) in [6.07, 6.45) is 8.56.